The summed E-state index contributed by atoms with van der Waals surface area (Å²) in [5.41, 5.74) is 0.170. The van der Waals surface area contributed by atoms with Gasteiger partial charge in [0.25, 0.3) is 0 Å². The Morgan fingerprint density at radius 3 is 2.08 bits per heavy atom. The second kappa shape index (κ2) is 4.52. The molecule has 4 heteroatoms. The van der Waals surface area contributed by atoms with E-state index in [1.807, 2.05) is 13.1 Å². The van der Waals surface area contributed by atoms with Crippen molar-refractivity contribution in [2.24, 2.45) is 0 Å². The van der Waals surface area contributed by atoms with Crippen LogP contribution in [0.3, 0.4) is 0 Å². The van der Waals surface area contributed by atoms with Gasteiger partial charge in [0, 0.05) is 0 Å². The molecule has 0 rings (SSSR count). The molecule has 0 amide bonds. The van der Waals surface area contributed by atoms with Crippen molar-refractivity contribution in [1.29, 1.82) is 0 Å². The third-order valence-electron chi connectivity index (χ3n) is 2.05. The lowest BCUT2D eigenvalue weighted by Gasteiger charge is -2.22. The van der Waals surface area contributed by atoms with Crippen LogP contribution in [-0.4, -0.2) is 23.1 Å². The van der Waals surface area contributed by atoms with E-state index in [0.717, 1.165) is 0 Å². The van der Waals surface area contributed by atoms with Gasteiger partial charge in [0.1, 0.15) is 0 Å². The van der Waals surface area contributed by atoms with Crippen molar-refractivity contribution in [2.75, 3.05) is 7.11 Å². The summed E-state index contributed by atoms with van der Waals surface area (Å²) < 4.78 is 16.4. The third-order valence-corrected chi connectivity index (χ3v) is 10.4. The maximum atomic E-state index is 11.5. The van der Waals surface area contributed by atoms with Gasteiger partial charge in [0.05, 0.1) is 7.11 Å². The third kappa shape index (κ3) is 2.25. The normalized spacial score (nSPS) is 11.0. The van der Waals surface area contributed by atoms with Gasteiger partial charge in [0.2, 0.25) is 0 Å². The highest BCUT2D eigenvalue weighted by Crippen LogP contribution is 2.23. The predicted molar refractivity (Wildman–Crippen MR) is 55.1 cm³/mol. The van der Waals surface area contributed by atoms with Gasteiger partial charge in [-0.1, -0.05) is 25.2 Å². The van der Waals surface area contributed by atoms with Gasteiger partial charge in [-0.2, -0.15) is 0 Å². The van der Waals surface area contributed by atoms with Crippen molar-refractivity contribution in [3.8, 4) is 0 Å². The molecule has 0 bridgehead atoms. The molecule has 0 atom stereocenters. The van der Waals surface area contributed by atoms with Crippen molar-refractivity contribution >= 4 is 16.0 Å². The lowest BCUT2D eigenvalue weighted by atomic mass is 10.4. The van der Waals surface area contributed by atoms with Crippen LogP contribution in [0.25, 0.3) is 0 Å². The van der Waals surface area contributed by atoms with Gasteiger partial charge in [-0.25, -0.2) is 0 Å². The van der Waals surface area contributed by atoms with Gasteiger partial charge < -0.3 is 8.89 Å². The Balaban J connectivity index is 4.67. The summed E-state index contributed by atoms with van der Waals surface area (Å²) >= 11 is 0. The van der Waals surface area contributed by atoms with E-state index in [0.29, 0.717) is 0 Å². The number of rotatable bonds is 5. The van der Waals surface area contributed by atoms with Crippen molar-refractivity contribution in [3.05, 3.63) is 25.3 Å². The van der Waals surface area contributed by atoms with Gasteiger partial charge in [-0.3, -0.25) is 0 Å². The van der Waals surface area contributed by atoms with E-state index in [1.165, 1.54) is 7.11 Å². The van der Waals surface area contributed by atoms with Gasteiger partial charge in [-0.15, -0.1) is 13.2 Å². The maximum absolute atomic E-state index is 11.5. The Morgan fingerprint density at radius 2 is 1.83 bits per heavy atom. The topological polar surface area (TPSA) is 26.3 Å². The molecule has 0 aliphatic heterocycles. The fraction of sp³-hybridized carbons (Fsp3) is 0.500. The summed E-state index contributed by atoms with van der Waals surface area (Å²) in [6.07, 6.45) is 3.61. The molecule has 2 nitrogen and oxygen atoms in total. The first-order chi connectivity index (χ1) is 5.50. The zero-order chi connectivity index (χ0) is 9.78. The summed E-state index contributed by atoms with van der Waals surface area (Å²) in [7, 11) is -2.23. The minimum Gasteiger partial charge on any atom is -0.530 e. The van der Waals surface area contributed by atoms with E-state index in [-0.39, 0.29) is 5.54 Å². The highest BCUT2D eigenvalue weighted by molar-refractivity contribution is 7.25. The fourth-order valence-corrected chi connectivity index (χ4v) is 6.16. The molecule has 0 fully saturated rings. The Labute approximate surface area is 76.5 Å². The van der Waals surface area contributed by atoms with E-state index in [9.17, 15) is 4.46 Å². The summed E-state index contributed by atoms with van der Waals surface area (Å²) in [6, 6.07) is 0. The van der Waals surface area contributed by atoms with Crippen LogP contribution in [-0.2, 0) is 8.89 Å². The molecule has 0 N–H and O–H groups in total. The van der Waals surface area contributed by atoms with Crippen LogP contribution in [0.1, 0.15) is 0 Å². The summed E-state index contributed by atoms with van der Waals surface area (Å²) in [5, 5.41) is 0. The lowest BCUT2D eigenvalue weighted by Crippen LogP contribution is -2.44. The molecule has 0 saturated heterocycles. The number of allylic oxidation sites excluding steroid dienone is 2. The summed E-state index contributed by atoms with van der Waals surface area (Å²) in [5.74, 6) is 0. The second-order valence-electron chi connectivity index (χ2n) is 3.21. The Kier molecular flexibility index (Phi) is 4.33. The van der Waals surface area contributed by atoms with Crippen LogP contribution in [0.2, 0.25) is 18.6 Å². The van der Waals surface area contributed by atoms with Crippen molar-refractivity contribution in [3.63, 3.8) is 0 Å². The number of hydrogen-bond donors (Lipinski definition) is 0. The minimum atomic E-state index is -1.88. The van der Waals surface area contributed by atoms with Crippen LogP contribution in [0.5, 0.6) is 0 Å². The van der Waals surface area contributed by atoms with E-state index in [2.05, 4.69) is 13.2 Å². The maximum Gasteiger partial charge on any atom is 0.469 e. The molecule has 0 aliphatic carbocycles. The fourth-order valence-electron chi connectivity index (χ4n) is 1.08. The molecular formula is C8H16O2Si2. The average Bonchev–Trinajstić information content (AvgIpc) is 2.04. The first-order valence-corrected chi connectivity index (χ1v) is 9.23. The molecule has 12 heavy (non-hydrogen) atoms. The Morgan fingerprint density at radius 1 is 1.42 bits per heavy atom. The SMILES string of the molecule is C=CC(C=C)[Si](C)(C)[Si](=O)OC. The highest BCUT2D eigenvalue weighted by Gasteiger charge is 2.40. The molecule has 0 aromatic rings. The van der Waals surface area contributed by atoms with Crippen molar-refractivity contribution in [1.82, 2.24) is 0 Å². The first kappa shape index (κ1) is 11.5. The van der Waals surface area contributed by atoms with Gasteiger partial charge in [0.15, 0.2) is 7.59 Å². The quantitative estimate of drug-likeness (QED) is 0.502. The van der Waals surface area contributed by atoms with Gasteiger partial charge >= 0.3 is 8.44 Å². The van der Waals surface area contributed by atoms with Crippen LogP contribution in [0.15, 0.2) is 25.3 Å². The molecule has 68 valence electrons. The van der Waals surface area contributed by atoms with Crippen molar-refractivity contribution < 1.29 is 8.89 Å². The second-order valence-corrected chi connectivity index (χ2v) is 13.4. The number of hydrogen-bond acceptors (Lipinski definition) is 2. The predicted octanol–water partition coefficient (Wildman–Crippen LogP) is 2.08. The molecule has 0 unspecified atom stereocenters. The zero-order valence-electron chi connectivity index (χ0n) is 7.96. The van der Waals surface area contributed by atoms with Crippen LogP contribution >= 0.6 is 0 Å². The molecule has 0 saturated carbocycles. The van der Waals surface area contributed by atoms with Crippen LogP contribution in [0.4, 0.5) is 0 Å². The molecule has 0 aliphatic rings. The summed E-state index contributed by atoms with van der Waals surface area (Å²) in [6.45, 7) is 11.5. The molecule has 0 spiro atoms. The average molecular weight is 200 g/mol. The van der Waals surface area contributed by atoms with Gasteiger partial charge in [-0.05, 0) is 5.54 Å². The molecule has 0 aromatic carbocycles. The zero-order valence-corrected chi connectivity index (χ0v) is 9.96. The molecule has 0 radical (unpaired) electrons. The highest BCUT2D eigenvalue weighted by atomic mass is 29.2. The van der Waals surface area contributed by atoms with Crippen LogP contribution < -0.4 is 0 Å². The van der Waals surface area contributed by atoms with E-state index in [1.54, 1.807) is 12.2 Å². The molecular weight excluding hydrogens is 184 g/mol. The first-order valence-electron chi connectivity index (χ1n) is 3.84. The Bertz CT molecular complexity index is 191. The Hall–Kier alpha value is -0.486. The smallest absolute Gasteiger partial charge is 0.469 e. The monoisotopic (exact) mass is 200 g/mol. The lowest BCUT2D eigenvalue weighted by molar-refractivity contribution is 0.379. The van der Waals surface area contributed by atoms with E-state index >= 15 is 0 Å². The van der Waals surface area contributed by atoms with Crippen LogP contribution in [0, 0.1) is 0 Å². The summed E-state index contributed by atoms with van der Waals surface area (Å²) in [4.78, 5) is 0. The molecule has 0 aromatic heterocycles. The minimum absolute atomic E-state index is 0.170. The van der Waals surface area contributed by atoms with E-state index in [4.69, 9.17) is 4.43 Å². The largest absolute Gasteiger partial charge is 0.530 e. The standard InChI is InChI=1S/C8H16O2Si2/c1-6-8(7-2)12(4,5)11(9)10-3/h6-8H,1-2H2,3-5H3. The van der Waals surface area contributed by atoms with E-state index < -0.39 is 16.0 Å². The van der Waals surface area contributed by atoms with Crippen molar-refractivity contribution in [2.45, 2.75) is 18.6 Å². The molecule has 0 heterocycles.